The van der Waals surface area contributed by atoms with Crippen LogP contribution in [0.25, 0.3) is 33.4 Å². The third-order valence-electron chi connectivity index (χ3n) is 9.79. The van der Waals surface area contributed by atoms with Crippen molar-refractivity contribution in [2.24, 2.45) is 0 Å². The summed E-state index contributed by atoms with van der Waals surface area (Å²) in [6, 6.07) is 47.8. The molecule has 0 amide bonds. The molecular formula is C42H33N3. The molecular weight excluding hydrogens is 546 g/mol. The van der Waals surface area contributed by atoms with Crippen LogP contribution in [0.5, 0.6) is 0 Å². The van der Waals surface area contributed by atoms with E-state index in [1.165, 1.54) is 50.4 Å². The molecule has 0 atom stereocenters. The fourth-order valence-electron chi connectivity index (χ4n) is 7.66. The van der Waals surface area contributed by atoms with Crippen LogP contribution in [-0.4, -0.2) is 0 Å². The number of nitrogen functional groups attached to an aromatic ring is 1. The van der Waals surface area contributed by atoms with Crippen molar-refractivity contribution >= 4 is 22.7 Å². The molecule has 45 heavy (non-hydrogen) atoms. The number of hydrogen-bond donors (Lipinski definition) is 1. The van der Waals surface area contributed by atoms with Gasteiger partial charge in [-0.15, -0.1) is 0 Å². The second-order valence-corrected chi connectivity index (χ2v) is 12.6. The van der Waals surface area contributed by atoms with E-state index in [0.717, 1.165) is 35.1 Å². The van der Waals surface area contributed by atoms with Crippen molar-refractivity contribution in [1.82, 2.24) is 0 Å². The average molecular weight is 580 g/mol. The van der Waals surface area contributed by atoms with E-state index in [0.29, 0.717) is 11.3 Å². The average Bonchev–Trinajstić information content (AvgIpc) is 3.08. The fourth-order valence-corrected chi connectivity index (χ4v) is 7.66. The molecule has 6 aromatic rings. The summed E-state index contributed by atoms with van der Waals surface area (Å²) in [6.07, 6.45) is 1.53. The van der Waals surface area contributed by atoms with Gasteiger partial charge in [-0.25, -0.2) is 0 Å². The first kappa shape index (κ1) is 27.0. The molecule has 0 bridgehead atoms. The van der Waals surface area contributed by atoms with E-state index < -0.39 is 0 Å². The van der Waals surface area contributed by atoms with E-state index in [1.807, 2.05) is 12.1 Å². The Morgan fingerprint density at radius 3 is 1.62 bits per heavy atom. The molecule has 0 saturated heterocycles. The van der Waals surface area contributed by atoms with E-state index in [2.05, 4.69) is 140 Å². The number of benzene rings is 6. The highest BCUT2D eigenvalue weighted by Crippen LogP contribution is 2.53. The Kier molecular flexibility index (Phi) is 6.15. The summed E-state index contributed by atoms with van der Waals surface area (Å²) in [5.74, 6) is 0. The monoisotopic (exact) mass is 579 g/mol. The molecule has 0 spiro atoms. The lowest BCUT2D eigenvalue weighted by atomic mass is 9.73. The number of nitrogens with two attached hydrogens (primary N) is 1. The quantitative estimate of drug-likeness (QED) is 0.197. The van der Waals surface area contributed by atoms with Gasteiger partial charge in [0.25, 0.3) is 0 Å². The molecule has 0 unspecified atom stereocenters. The SMILES string of the molecule is CC1(C)c2ccccc2N(c2cccc3c2CCc2c(N)cc(C#N)cc2-c2ccccc2-c2ccccc2-3)c2ccccc21. The van der Waals surface area contributed by atoms with Crippen LogP contribution in [0.2, 0.25) is 0 Å². The van der Waals surface area contributed by atoms with Gasteiger partial charge < -0.3 is 10.6 Å². The summed E-state index contributed by atoms with van der Waals surface area (Å²) in [6.45, 7) is 4.66. The standard InChI is InChI=1S/C42H33N3/c1-42(2)36-17-7-9-19-40(36)45(41-20-10-8-18-37(41)42)39-21-11-16-31-29-13-4-3-12-28(29)30-14-5-6-15-32(30)35-24-27(26-43)25-38(44)33(35)22-23-34(31)39/h3-21,24-25H,22-23,44H2,1-2H3. The van der Waals surface area contributed by atoms with Crippen LogP contribution in [0.3, 0.4) is 0 Å². The lowest BCUT2D eigenvalue weighted by molar-refractivity contribution is 0.631. The Hall–Kier alpha value is -5.59. The minimum atomic E-state index is -0.134. The summed E-state index contributed by atoms with van der Waals surface area (Å²) in [7, 11) is 0. The topological polar surface area (TPSA) is 53.0 Å². The van der Waals surface area contributed by atoms with Crippen molar-refractivity contribution in [3.63, 3.8) is 0 Å². The molecule has 216 valence electrons. The van der Waals surface area contributed by atoms with Gasteiger partial charge in [-0.05, 0) is 98.8 Å². The third-order valence-corrected chi connectivity index (χ3v) is 9.79. The minimum absolute atomic E-state index is 0.134. The predicted molar refractivity (Wildman–Crippen MR) is 186 cm³/mol. The highest BCUT2D eigenvalue weighted by atomic mass is 15.2. The van der Waals surface area contributed by atoms with Crippen molar-refractivity contribution in [3.8, 4) is 39.4 Å². The van der Waals surface area contributed by atoms with Crippen LogP contribution in [0.4, 0.5) is 22.7 Å². The Balaban J connectivity index is 1.45. The molecule has 6 aromatic carbocycles. The van der Waals surface area contributed by atoms with Gasteiger partial charge in [-0.1, -0.05) is 111 Å². The Morgan fingerprint density at radius 1 is 0.556 bits per heavy atom. The first-order chi connectivity index (χ1) is 22.0. The second-order valence-electron chi connectivity index (χ2n) is 12.6. The minimum Gasteiger partial charge on any atom is -0.398 e. The zero-order valence-corrected chi connectivity index (χ0v) is 25.5. The zero-order chi connectivity index (χ0) is 30.7. The lowest BCUT2D eigenvalue weighted by Crippen LogP contribution is -2.31. The first-order valence-corrected chi connectivity index (χ1v) is 15.6. The highest BCUT2D eigenvalue weighted by Gasteiger charge is 2.37. The summed E-state index contributed by atoms with van der Waals surface area (Å²) >= 11 is 0. The summed E-state index contributed by atoms with van der Waals surface area (Å²) < 4.78 is 0. The number of fused-ring (bicyclic) bond motifs is 9. The zero-order valence-electron chi connectivity index (χ0n) is 25.5. The summed E-state index contributed by atoms with van der Waals surface area (Å²) in [4.78, 5) is 2.47. The predicted octanol–water partition coefficient (Wildman–Crippen LogP) is 10.3. The summed E-state index contributed by atoms with van der Waals surface area (Å²) in [5, 5.41) is 9.89. The van der Waals surface area contributed by atoms with Crippen molar-refractivity contribution in [2.45, 2.75) is 32.1 Å². The maximum atomic E-state index is 9.89. The first-order valence-electron chi connectivity index (χ1n) is 15.6. The molecule has 1 heterocycles. The highest BCUT2D eigenvalue weighted by molar-refractivity contribution is 5.96. The Labute approximate surface area is 264 Å². The van der Waals surface area contributed by atoms with Gasteiger partial charge in [-0.3, -0.25) is 0 Å². The number of rotatable bonds is 1. The van der Waals surface area contributed by atoms with Crippen molar-refractivity contribution in [2.75, 3.05) is 10.6 Å². The van der Waals surface area contributed by atoms with Crippen LogP contribution in [-0.2, 0) is 18.3 Å². The van der Waals surface area contributed by atoms with E-state index in [9.17, 15) is 5.26 Å². The van der Waals surface area contributed by atoms with Crippen LogP contribution in [0.15, 0.2) is 127 Å². The number of nitrogens with zero attached hydrogens (tertiary/aromatic N) is 2. The van der Waals surface area contributed by atoms with Gasteiger partial charge in [0.1, 0.15) is 0 Å². The maximum Gasteiger partial charge on any atom is 0.0992 e. The van der Waals surface area contributed by atoms with Gasteiger partial charge in [0.2, 0.25) is 0 Å². The van der Waals surface area contributed by atoms with Crippen LogP contribution >= 0.6 is 0 Å². The van der Waals surface area contributed by atoms with Gasteiger partial charge in [0.05, 0.1) is 23.0 Å². The molecule has 2 aliphatic rings. The van der Waals surface area contributed by atoms with Gasteiger partial charge in [-0.2, -0.15) is 5.26 Å². The number of nitriles is 1. The second kappa shape index (κ2) is 10.3. The number of para-hydroxylation sites is 2. The molecule has 2 N–H and O–H groups in total. The van der Waals surface area contributed by atoms with E-state index in [-0.39, 0.29) is 5.41 Å². The molecule has 8 rings (SSSR count). The Bertz CT molecular complexity index is 2130. The number of hydrogen-bond acceptors (Lipinski definition) is 3. The molecule has 0 saturated carbocycles. The number of anilines is 4. The van der Waals surface area contributed by atoms with Gasteiger partial charge in [0.15, 0.2) is 0 Å². The van der Waals surface area contributed by atoms with Crippen molar-refractivity contribution < 1.29 is 0 Å². The smallest absolute Gasteiger partial charge is 0.0992 e. The fraction of sp³-hybridized carbons (Fsp3) is 0.119. The normalized spacial score (nSPS) is 14.0. The molecule has 3 nitrogen and oxygen atoms in total. The molecule has 0 radical (unpaired) electrons. The maximum absolute atomic E-state index is 9.89. The van der Waals surface area contributed by atoms with Crippen LogP contribution in [0.1, 0.15) is 41.7 Å². The van der Waals surface area contributed by atoms with Crippen molar-refractivity contribution in [1.29, 1.82) is 5.26 Å². The molecule has 0 aromatic heterocycles. The molecule has 1 aliphatic carbocycles. The van der Waals surface area contributed by atoms with Crippen LogP contribution < -0.4 is 10.6 Å². The third kappa shape index (κ3) is 4.10. The summed E-state index contributed by atoms with van der Waals surface area (Å²) in [5.41, 5.74) is 23.4. The Morgan fingerprint density at radius 2 is 1.02 bits per heavy atom. The largest absolute Gasteiger partial charge is 0.398 e. The van der Waals surface area contributed by atoms with Gasteiger partial charge in [0, 0.05) is 16.8 Å². The lowest BCUT2D eigenvalue weighted by Gasteiger charge is -2.42. The molecule has 3 heteroatoms. The van der Waals surface area contributed by atoms with E-state index in [4.69, 9.17) is 5.73 Å². The van der Waals surface area contributed by atoms with E-state index in [1.54, 1.807) is 0 Å². The van der Waals surface area contributed by atoms with Crippen LogP contribution in [0, 0.1) is 11.3 Å². The molecule has 0 fully saturated rings. The van der Waals surface area contributed by atoms with E-state index >= 15 is 0 Å². The van der Waals surface area contributed by atoms with Crippen molar-refractivity contribution in [3.05, 3.63) is 155 Å². The molecule has 1 aliphatic heterocycles. The van der Waals surface area contributed by atoms with Gasteiger partial charge >= 0.3 is 0 Å².